The first-order valence-corrected chi connectivity index (χ1v) is 10.9. The van der Waals surface area contributed by atoms with Crippen LogP contribution in [-0.2, 0) is 20.7 Å². The molecule has 7 heteroatoms. The van der Waals surface area contributed by atoms with Crippen molar-refractivity contribution >= 4 is 18.0 Å². The van der Waals surface area contributed by atoms with E-state index >= 15 is 0 Å². The molecule has 3 aromatic rings. The fraction of sp³-hybridized carbons (Fsp3) is 0.222. The van der Waals surface area contributed by atoms with Gasteiger partial charge in [0.25, 0.3) is 5.91 Å². The minimum Gasteiger partial charge on any atom is -0.497 e. The maximum atomic E-state index is 12.4. The molecule has 0 atom stereocenters. The number of nitrogens with one attached hydrogen (secondary N) is 1. The van der Waals surface area contributed by atoms with Gasteiger partial charge in [0, 0.05) is 23.6 Å². The van der Waals surface area contributed by atoms with E-state index in [-0.39, 0.29) is 5.57 Å². The second kappa shape index (κ2) is 11.5. The molecule has 174 valence electrons. The molecule has 0 spiro atoms. The number of aryl methyl sites for hydroxylation is 1. The Morgan fingerprint density at radius 2 is 1.79 bits per heavy atom. The fourth-order valence-corrected chi connectivity index (χ4v) is 3.61. The van der Waals surface area contributed by atoms with Crippen molar-refractivity contribution in [3.8, 4) is 17.5 Å². The van der Waals surface area contributed by atoms with Crippen LogP contribution in [0.5, 0.6) is 5.75 Å². The molecule has 0 unspecified atom stereocenters. The van der Waals surface area contributed by atoms with Crippen molar-refractivity contribution in [1.29, 1.82) is 5.26 Å². The molecule has 34 heavy (non-hydrogen) atoms. The van der Waals surface area contributed by atoms with E-state index < -0.39 is 18.5 Å². The molecular formula is C27H27N3O4. The lowest BCUT2D eigenvalue weighted by Gasteiger charge is -2.10. The first kappa shape index (κ1) is 24.3. The molecule has 1 aromatic heterocycles. The number of benzene rings is 2. The van der Waals surface area contributed by atoms with E-state index in [9.17, 15) is 14.9 Å². The van der Waals surface area contributed by atoms with Gasteiger partial charge in [-0.2, -0.15) is 5.26 Å². The van der Waals surface area contributed by atoms with Gasteiger partial charge in [-0.05, 0) is 67.8 Å². The fourth-order valence-electron chi connectivity index (χ4n) is 3.61. The molecule has 0 aliphatic rings. The van der Waals surface area contributed by atoms with Gasteiger partial charge in [0.05, 0.1) is 7.11 Å². The van der Waals surface area contributed by atoms with Crippen LogP contribution in [0.15, 0.2) is 66.2 Å². The SMILES string of the molecule is COc1ccc(-n2c(C)cc(/C=C(\C#N)C(=O)OCC(=O)NCCc3ccccc3)c2C)cc1. The number of carbonyl (C=O) groups excluding carboxylic acids is 2. The van der Waals surface area contributed by atoms with Crippen LogP contribution in [0.3, 0.4) is 0 Å². The number of hydrogen-bond donors (Lipinski definition) is 1. The Balaban J connectivity index is 1.62. The predicted octanol–water partition coefficient (Wildman–Crippen LogP) is 3.91. The highest BCUT2D eigenvalue weighted by atomic mass is 16.5. The number of aromatic nitrogens is 1. The van der Waals surface area contributed by atoms with Crippen molar-refractivity contribution in [3.63, 3.8) is 0 Å². The Kier molecular flexibility index (Phi) is 8.25. The third-order valence-corrected chi connectivity index (χ3v) is 5.35. The van der Waals surface area contributed by atoms with Crippen LogP contribution in [0.25, 0.3) is 11.8 Å². The van der Waals surface area contributed by atoms with Crippen LogP contribution < -0.4 is 10.1 Å². The minimum absolute atomic E-state index is 0.174. The van der Waals surface area contributed by atoms with Gasteiger partial charge in [0.15, 0.2) is 6.61 Å². The number of nitrogens with zero attached hydrogens (tertiary/aromatic N) is 2. The molecule has 0 fully saturated rings. The molecule has 3 rings (SSSR count). The number of rotatable bonds is 9. The van der Waals surface area contributed by atoms with E-state index in [0.717, 1.165) is 28.4 Å². The van der Waals surface area contributed by atoms with Crippen molar-refractivity contribution in [2.45, 2.75) is 20.3 Å². The van der Waals surface area contributed by atoms with Gasteiger partial charge in [-0.25, -0.2) is 4.79 Å². The van der Waals surface area contributed by atoms with E-state index in [1.54, 1.807) is 7.11 Å². The highest BCUT2D eigenvalue weighted by Crippen LogP contribution is 2.24. The molecule has 0 bridgehead atoms. The number of esters is 1. The van der Waals surface area contributed by atoms with Gasteiger partial charge in [-0.3, -0.25) is 4.79 Å². The molecule has 1 amide bonds. The number of carbonyl (C=O) groups is 2. The molecule has 0 saturated carbocycles. The molecule has 0 aliphatic carbocycles. The maximum Gasteiger partial charge on any atom is 0.349 e. The lowest BCUT2D eigenvalue weighted by Crippen LogP contribution is -2.30. The van der Waals surface area contributed by atoms with Crippen molar-refractivity contribution in [3.05, 3.63) is 88.8 Å². The molecule has 0 aliphatic heterocycles. The summed E-state index contributed by atoms with van der Waals surface area (Å²) in [5.74, 6) is -0.501. The quantitative estimate of drug-likeness (QED) is 0.299. The molecule has 1 heterocycles. The third kappa shape index (κ3) is 6.14. The van der Waals surface area contributed by atoms with Gasteiger partial charge in [-0.15, -0.1) is 0 Å². The van der Waals surface area contributed by atoms with Gasteiger partial charge < -0.3 is 19.4 Å². The van der Waals surface area contributed by atoms with Gasteiger partial charge in [0.2, 0.25) is 0 Å². The van der Waals surface area contributed by atoms with E-state index in [2.05, 4.69) is 5.32 Å². The summed E-state index contributed by atoms with van der Waals surface area (Å²) in [4.78, 5) is 24.4. The number of amides is 1. The summed E-state index contributed by atoms with van der Waals surface area (Å²) < 4.78 is 12.3. The molecular weight excluding hydrogens is 430 g/mol. The Hall–Kier alpha value is -4.31. The average molecular weight is 458 g/mol. The van der Waals surface area contributed by atoms with Crippen LogP contribution in [0, 0.1) is 25.2 Å². The van der Waals surface area contributed by atoms with E-state index in [0.29, 0.717) is 18.5 Å². The van der Waals surface area contributed by atoms with Crippen LogP contribution in [0.1, 0.15) is 22.5 Å². The summed E-state index contributed by atoms with van der Waals surface area (Å²) in [6.07, 6.45) is 2.16. The lowest BCUT2D eigenvalue weighted by molar-refractivity contribution is -0.144. The van der Waals surface area contributed by atoms with Gasteiger partial charge in [-0.1, -0.05) is 30.3 Å². The van der Waals surface area contributed by atoms with Crippen molar-refractivity contribution in [1.82, 2.24) is 9.88 Å². The Bertz CT molecular complexity index is 1220. The summed E-state index contributed by atoms with van der Waals surface area (Å²) in [5, 5.41) is 12.2. The molecule has 0 radical (unpaired) electrons. The largest absolute Gasteiger partial charge is 0.497 e. The smallest absolute Gasteiger partial charge is 0.349 e. The Morgan fingerprint density at radius 1 is 1.09 bits per heavy atom. The summed E-state index contributed by atoms with van der Waals surface area (Å²) >= 11 is 0. The van der Waals surface area contributed by atoms with Crippen molar-refractivity contribution in [2.24, 2.45) is 0 Å². The summed E-state index contributed by atoms with van der Waals surface area (Å²) in [6.45, 7) is 3.83. The van der Waals surface area contributed by atoms with Crippen molar-refractivity contribution < 1.29 is 19.1 Å². The number of hydrogen-bond acceptors (Lipinski definition) is 5. The topological polar surface area (TPSA) is 93.3 Å². The summed E-state index contributed by atoms with van der Waals surface area (Å²) in [7, 11) is 1.61. The van der Waals surface area contributed by atoms with E-state index in [1.165, 1.54) is 6.08 Å². The van der Waals surface area contributed by atoms with E-state index in [4.69, 9.17) is 9.47 Å². The monoisotopic (exact) mass is 457 g/mol. The maximum absolute atomic E-state index is 12.4. The molecule has 1 N–H and O–H groups in total. The highest BCUT2D eigenvalue weighted by molar-refractivity contribution is 5.99. The molecule has 0 saturated heterocycles. The Morgan fingerprint density at radius 3 is 2.44 bits per heavy atom. The predicted molar refractivity (Wildman–Crippen MR) is 129 cm³/mol. The van der Waals surface area contributed by atoms with Crippen LogP contribution in [0.4, 0.5) is 0 Å². The number of methoxy groups -OCH3 is 1. The second-order valence-electron chi connectivity index (χ2n) is 7.69. The lowest BCUT2D eigenvalue weighted by atomic mass is 10.1. The Labute approximate surface area is 199 Å². The van der Waals surface area contributed by atoms with Gasteiger partial charge in [0.1, 0.15) is 17.4 Å². The number of ether oxygens (including phenoxy) is 2. The zero-order chi connectivity index (χ0) is 24.5. The zero-order valence-corrected chi connectivity index (χ0v) is 19.5. The normalized spacial score (nSPS) is 10.9. The standard InChI is InChI=1S/C27H27N3O4/c1-19-15-22(20(2)30(19)24-9-11-25(33-3)12-10-24)16-23(17-28)27(32)34-18-26(31)29-14-13-21-7-5-4-6-8-21/h4-12,15-16H,13-14,18H2,1-3H3,(H,29,31)/b23-16+. The van der Waals surface area contributed by atoms with Crippen molar-refractivity contribution in [2.75, 3.05) is 20.3 Å². The zero-order valence-electron chi connectivity index (χ0n) is 19.5. The van der Waals surface area contributed by atoms with Crippen LogP contribution in [-0.4, -0.2) is 36.7 Å². The minimum atomic E-state index is -0.838. The first-order chi connectivity index (χ1) is 16.4. The average Bonchev–Trinajstić information content (AvgIpc) is 3.14. The van der Waals surface area contributed by atoms with E-state index in [1.807, 2.05) is 85.1 Å². The van der Waals surface area contributed by atoms with Crippen LogP contribution >= 0.6 is 0 Å². The first-order valence-electron chi connectivity index (χ1n) is 10.9. The number of nitriles is 1. The van der Waals surface area contributed by atoms with Crippen LogP contribution in [0.2, 0.25) is 0 Å². The summed E-state index contributed by atoms with van der Waals surface area (Å²) in [5.41, 5.74) is 4.38. The summed E-state index contributed by atoms with van der Waals surface area (Å²) in [6, 6.07) is 21.1. The third-order valence-electron chi connectivity index (χ3n) is 5.35. The highest BCUT2D eigenvalue weighted by Gasteiger charge is 2.16. The molecule has 7 nitrogen and oxygen atoms in total. The second-order valence-corrected chi connectivity index (χ2v) is 7.69. The van der Waals surface area contributed by atoms with Gasteiger partial charge >= 0.3 is 5.97 Å². The molecule has 2 aromatic carbocycles.